The molecule has 7 heteroatoms. The molecule has 0 bridgehead atoms. The van der Waals surface area contributed by atoms with E-state index in [1.54, 1.807) is 20.0 Å². The molecule has 1 aromatic carbocycles. The molecular weight excluding hydrogens is 312 g/mol. The number of hydrogen-bond acceptors (Lipinski definition) is 4. The first kappa shape index (κ1) is 16.5. The molecule has 5 nitrogen and oxygen atoms in total. The van der Waals surface area contributed by atoms with Crippen LogP contribution >= 0.6 is 11.6 Å². The Labute approximate surface area is 131 Å². The largest absolute Gasteiger partial charge is 0.398 e. The third-order valence-electron chi connectivity index (χ3n) is 3.82. The summed E-state index contributed by atoms with van der Waals surface area (Å²) < 4.78 is 32.2. The van der Waals surface area contributed by atoms with Crippen molar-refractivity contribution in [3.05, 3.63) is 22.7 Å². The molecule has 2 rings (SSSR count). The van der Waals surface area contributed by atoms with Crippen molar-refractivity contribution in [1.82, 2.24) is 4.31 Å². The molecule has 0 amide bonds. The molecule has 0 aromatic heterocycles. The number of anilines is 1. The van der Waals surface area contributed by atoms with Gasteiger partial charge in [-0.15, -0.1) is 0 Å². The summed E-state index contributed by atoms with van der Waals surface area (Å²) in [6.45, 7) is 3.50. The zero-order valence-corrected chi connectivity index (χ0v) is 13.9. The van der Waals surface area contributed by atoms with Gasteiger partial charge >= 0.3 is 0 Å². The highest BCUT2D eigenvalue weighted by Gasteiger charge is 2.27. The molecule has 0 radical (unpaired) electrons. The average Bonchev–Trinajstić information content (AvgIpc) is 2.43. The smallest absolute Gasteiger partial charge is 0.243 e. The minimum Gasteiger partial charge on any atom is -0.398 e. The minimum absolute atomic E-state index is 0.173. The van der Waals surface area contributed by atoms with E-state index in [0.29, 0.717) is 29.4 Å². The maximum Gasteiger partial charge on any atom is 0.243 e. The predicted molar refractivity (Wildman–Crippen MR) is 84.0 cm³/mol. The molecule has 0 aliphatic carbocycles. The maximum absolute atomic E-state index is 12.7. The highest BCUT2D eigenvalue weighted by Crippen LogP contribution is 2.28. The lowest BCUT2D eigenvalue weighted by molar-refractivity contribution is 0.0495. The van der Waals surface area contributed by atoms with Crippen molar-refractivity contribution < 1.29 is 13.2 Å². The van der Waals surface area contributed by atoms with E-state index in [-0.39, 0.29) is 10.8 Å². The Morgan fingerprint density at radius 1 is 1.48 bits per heavy atom. The predicted octanol–water partition coefficient (Wildman–Crippen LogP) is 2.28. The van der Waals surface area contributed by atoms with Gasteiger partial charge in [-0.2, -0.15) is 0 Å². The van der Waals surface area contributed by atoms with E-state index < -0.39 is 10.0 Å². The van der Waals surface area contributed by atoms with Crippen LogP contribution in [-0.4, -0.2) is 39.5 Å². The number of ether oxygens (including phenoxy) is 1. The number of nitrogens with zero attached hydrogens (tertiary/aromatic N) is 1. The van der Waals surface area contributed by atoms with E-state index >= 15 is 0 Å². The van der Waals surface area contributed by atoms with Crippen LogP contribution in [0.3, 0.4) is 0 Å². The maximum atomic E-state index is 12.7. The Hall–Kier alpha value is -0.820. The first-order valence-electron chi connectivity index (χ1n) is 6.92. The van der Waals surface area contributed by atoms with Crippen LogP contribution < -0.4 is 5.73 Å². The third kappa shape index (κ3) is 3.69. The molecule has 1 aliphatic rings. The molecule has 0 spiro atoms. The van der Waals surface area contributed by atoms with Crippen molar-refractivity contribution in [2.24, 2.45) is 5.92 Å². The second-order valence-corrected chi connectivity index (χ2v) is 7.94. The zero-order valence-electron chi connectivity index (χ0n) is 12.3. The molecule has 0 saturated carbocycles. The Balaban J connectivity index is 2.24. The summed E-state index contributed by atoms with van der Waals surface area (Å²) in [6.07, 6.45) is 1.96. The molecule has 21 heavy (non-hydrogen) atoms. The van der Waals surface area contributed by atoms with Crippen LogP contribution in [0.15, 0.2) is 17.0 Å². The highest BCUT2D eigenvalue weighted by atomic mass is 35.5. The summed E-state index contributed by atoms with van der Waals surface area (Å²) in [4.78, 5) is 0.173. The van der Waals surface area contributed by atoms with Crippen molar-refractivity contribution in [2.75, 3.05) is 32.5 Å². The van der Waals surface area contributed by atoms with Gasteiger partial charge in [0.05, 0.1) is 11.5 Å². The second-order valence-electron chi connectivity index (χ2n) is 5.49. The number of halogens is 1. The molecule has 2 N–H and O–H groups in total. The van der Waals surface area contributed by atoms with E-state index in [1.165, 1.54) is 10.4 Å². The van der Waals surface area contributed by atoms with E-state index in [2.05, 4.69) is 0 Å². The molecule has 1 unspecified atom stereocenters. The lowest BCUT2D eigenvalue weighted by atomic mass is 10.0. The molecule has 1 heterocycles. The number of benzene rings is 1. The third-order valence-corrected chi connectivity index (χ3v) is 5.99. The lowest BCUT2D eigenvalue weighted by Crippen LogP contribution is -2.35. The topological polar surface area (TPSA) is 72.6 Å². The van der Waals surface area contributed by atoms with Crippen LogP contribution in [0, 0.1) is 12.8 Å². The standard InChI is InChI=1S/C14H21ClN2O3S/c1-10-13(16)6-12(15)7-14(10)21(18,19)17(2)8-11-4-3-5-20-9-11/h6-7,11H,3-5,8-9,16H2,1-2H3. The van der Waals surface area contributed by atoms with Crippen LogP contribution in [0.2, 0.25) is 5.02 Å². The Morgan fingerprint density at radius 3 is 2.81 bits per heavy atom. The number of nitrogens with two attached hydrogens (primary N) is 1. The Kier molecular flexibility index (Phi) is 5.14. The van der Waals surface area contributed by atoms with Crippen LogP contribution in [0.1, 0.15) is 18.4 Å². The fraction of sp³-hybridized carbons (Fsp3) is 0.571. The van der Waals surface area contributed by atoms with Crippen molar-refractivity contribution in [3.63, 3.8) is 0 Å². The van der Waals surface area contributed by atoms with Gasteiger partial charge in [0, 0.05) is 30.9 Å². The number of sulfonamides is 1. The summed E-state index contributed by atoms with van der Waals surface area (Å²) in [7, 11) is -2.02. The monoisotopic (exact) mass is 332 g/mol. The van der Waals surface area contributed by atoms with Gasteiger partial charge in [0.2, 0.25) is 10.0 Å². The summed E-state index contributed by atoms with van der Waals surface area (Å²) >= 11 is 5.94. The quantitative estimate of drug-likeness (QED) is 0.858. The lowest BCUT2D eigenvalue weighted by Gasteiger charge is -2.27. The summed E-state index contributed by atoms with van der Waals surface area (Å²) in [6, 6.07) is 3.02. The van der Waals surface area contributed by atoms with Crippen LogP contribution in [-0.2, 0) is 14.8 Å². The van der Waals surface area contributed by atoms with Crippen molar-refractivity contribution >= 4 is 27.3 Å². The Morgan fingerprint density at radius 2 is 2.19 bits per heavy atom. The summed E-state index contributed by atoms with van der Waals surface area (Å²) in [5.74, 6) is 0.232. The van der Waals surface area contributed by atoms with Crippen LogP contribution in [0.4, 0.5) is 5.69 Å². The summed E-state index contributed by atoms with van der Waals surface area (Å²) in [5, 5.41) is 0.325. The average molecular weight is 333 g/mol. The minimum atomic E-state index is -3.60. The van der Waals surface area contributed by atoms with E-state index in [4.69, 9.17) is 22.1 Å². The number of rotatable bonds is 4. The van der Waals surface area contributed by atoms with Gasteiger partial charge in [0.1, 0.15) is 0 Å². The fourth-order valence-corrected chi connectivity index (χ4v) is 4.34. The van der Waals surface area contributed by atoms with Crippen molar-refractivity contribution in [2.45, 2.75) is 24.7 Å². The van der Waals surface area contributed by atoms with E-state index in [1.807, 2.05) is 0 Å². The van der Waals surface area contributed by atoms with E-state index in [9.17, 15) is 8.42 Å². The van der Waals surface area contributed by atoms with Gasteiger partial charge in [0.15, 0.2) is 0 Å². The van der Waals surface area contributed by atoms with E-state index in [0.717, 1.165) is 19.4 Å². The molecule has 1 fully saturated rings. The first-order chi connectivity index (χ1) is 9.82. The van der Waals surface area contributed by atoms with Gasteiger partial charge in [-0.3, -0.25) is 0 Å². The molecule has 1 saturated heterocycles. The van der Waals surface area contributed by atoms with Crippen LogP contribution in [0.25, 0.3) is 0 Å². The van der Waals surface area contributed by atoms with Gasteiger partial charge in [-0.1, -0.05) is 11.6 Å². The number of nitrogen functional groups attached to an aromatic ring is 1. The van der Waals surface area contributed by atoms with Crippen molar-refractivity contribution in [1.29, 1.82) is 0 Å². The SMILES string of the molecule is Cc1c(N)cc(Cl)cc1S(=O)(=O)N(C)CC1CCCOC1. The Bertz CT molecular complexity index is 613. The van der Waals surface area contributed by atoms with Gasteiger partial charge < -0.3 is 10.5 Å². The normalized spacial score (nSPS) is 19.9. The van der Waals surface area contributed by atoms with Crippen molar-refractivity contribution in [3.8, 4) is 0 Å². The van der Waals surface area contributed by atoms with Gasteiger partial charge in [-0.25, -0.2) is 12.7 Å². The van der Waals surface area contributed by atoms with Gasteiger partial charge in [-0.05, 0) is 43.4 Å². The molecule has 1 aromatic rings. The van der Waals surface area contributed by atoms with Gasteiger partial charge in [0.25, 0.3) is 0 Å². The fourth-order valence-electron chi connectivity index (χ4n) is 2.52. The summed E-state index contributed by atoms with van der Waals surface area (Å²) in [5.41, 5.74) is 6.73. The molecule has 118 valence electrons. The molecular formula is C14H21ClN2O3S. The molecule has 1 atom stereocenters. The second kappa shape index (κ2) is 6.52. The zero-order chi connectivity index (χ0) is 15.6. The van der Waals surface area contributed by atoms with Crippen LogP contribution in [0.5, 0.6) is 0 Å². The molecule has 1 aliphatic heterocycles. The first-order valence-corrected chi connectivity index (χ1v) is 8.74. The number of hydrogen-bond donors (Lipinski definition) is 1. The highest BCUT2D eigenvalue weighted by molar-refractivity contribution is 7.89.